The Morgan fingerprint density at radius 2 is 1.67 bits per heavy atom. The molecular formula is C30H22N2O6S. The SMILES string of the molecule is COC(=O)c1c(NC(=O)COC(=O)c2ccccc2-c2nc3ccccc3o2)sc2c1CCc1ccccc1-2. The van der Waals surface area contributed by atoms with E-state index >= 15 is 0 Å². The average molecular weight is 539 g/mol. The predicted octanol–water partition coefficient (Wildman–Crippen LogP) is 5.90. The van der Waals surface area contributed by atoms with Crippen molar-refractivity contribution in [1.29, 1.82) is 0 Å². The summed E-state index contributed by atoms with van der Waals surface area (Å²) in [6.45, 7) is -0.541. The van der Waals surface area contributed by atoms with Crippen LogP contribution in [0.25, 0.3) is 33.0 Å². The van der Waals surface area contributed by atoms with Crippen molar-refractivity contribution in [3.63, 3.8) is 0 Å². The van der Waals surface area contributed by atoms with E-state index in [9.17, 15) is 14.4 Å². The highest BCUT2D eigenvalue weighted by Gasteiger charge is 2.29. The Morgan fingerprint density at radius 1 is 0.923 bits per heavy atom. The van der Waals surface area contributed by atoms with Crippen LogP contribution in [0.3, 0.4) is 0 Å². The van der Waals surface area contributed by atoms with E-state index in [4.69, 9.17) is 13.9 Å². The van der Waals surface area contributed by atoms with Crippen molar-refractivity contribution in [2.24, 2.45) is 0 Å². The number of benzene rings is 3. The van der Waals surface area contributed by atoms with Crippen LogP contribution < -0.4 is 5.32 Å². The van der Waals surface area contributed by atoms with Crippen molar-refractivity contribution in [3.05, 3.63) is 95.1 Å². The fourth-order valence-electron chi connectivity index (χ4n) is 4.75. The minimum absolute atomic E-state index is 0.218. The molecule has 0 saturated heterocycles. The van der Waals surface area contributed by atoms with Gasteiger partial charge < -0.3 is 19.2 Å². The molecule has 8 nitrogen and oxygen atoms in total. The first kappa shape index (κ1) is 24.6. The molecule has 0 fully saturated rings. The number of aromatic nitrogens is 1. The summed E-state index contributed by atoms with van der Waals surface area (Å²) < 4.78 is 16.2. The first-order valence-corrected chi connectivity index (χ1v) is 13.1. The Balaban J connectivity index is 1.21. The molecule has 0 unspecified atom stereocenters. The number of nitrogens with zero attached hydrogens (tertiary/aromatic N) is 1. The Hall–Kier alpha value is -4.76. The highest BCUT2D eigenvalue weighted by Crippen LogP contribution is 2.45. The van der Waals surface area contributed by atoms with Gasteiger partial charge in [0.25, 0.3) is 5.91 Å². The number of carbonyl (C=O) groups is 3. The summed E-state index contributed by atoms with van der Waals surface area (Å²) in [6.07, 6.45) is 1.44. The zero-order chi connectivity index (χ0) is 26.9. The molecule has 194 valence electrons. The second-order valence-corrected chi connectivity index (χ2v) is 9.94. The van der Waals surface area contributed by atoms with E-state index in [0.29, 0.717) is 33.6 Å². The van der Waals surface area contributed by atoms with Crippen LogP contribution in [0.1, 0.15) is 31.8 Å². The Bertz CT molecular complexity index is 1720. The maximum atomic E-state index is 13.0. The molecule has 1 amide bonds. The monoisotopic (exact) mass is 538 g/mol. The Morgan fingerprint density at radius 3 is 2.49 bits per heavy atom. The predicted molar refractivity (Wildman–Crippen MR) is 147 cm³/mol. The number of oxazole rings is 1. The molecule has 1 aliphatic carbocycles. The number of hydrogen-bond donors (Lipinski definition) is 1. The van der Waals surface area contributed by atoms with Gasteiger partial charge in [0.05, 0.1) is 23.8 Å². The summed E-state index contributed by atoms with van der Waals surface area (Å²) >= 11 is 1.32. The lowest BCUT2D eigenvalue weighted by Gasteiger charge is -2.16. The van der Waals surface area contributed by atoms with Gasteiger partial charge in [0, 0.05) is 4.88 Å². The minimum Gasteiger partial charge on any atom is -0.465 e. The van der Waals surface area contributed by atoms with Crippen LogP contribution in [-0.2, 0) is 27.1 Å². The quantitative estimate of drug-likeness (QED) is 0.268. The molecule has 1 N–H and O–H groups in total. The number of rotatable bonds is 6. The number of fused-ring (bicyclic) bond motifs is 4. The smallest absolute Gasteiger partial charge is 0.341 e. The van der Waals surface area contributed by atoms with Gasteiger partial charge in [0.15, 0.2) is 12.2 Å². The molecule has 0 aliphatic heterocycles. The molecule has 2 heterocycles. The van der Waals surface area contributed by atoms with Gasteiger partial charge in [0.2, 0.25) is 5.89 Å². The van der Waals surface area contributed by atoms with Crippen molar-refractivity contribution in [2.45, 2.75) is 12.8 Å². The van der Waals surface area contributed by atoms with Gasteiger partial charge in [-0.25, -0.2) is 14.6 Å². The highest BCUT2D eigenvalue weighted by atomic mass is 32.1. The highest BCUT2D eigenvalue weighted by molar-refractivity contribution is 7.20. The number of thiophene rings is 1. The number of carbonyl (C=O) groups excluding carboxylic acids is 3. The minimum atomic E-state index is -0.699. The summed E-state index contributed by atoms with van der Waals surface area (Å²) in [5, 5.41) is 3.13. The van der Waals surface area contributed by atoms with E-state index in [2.05, 4.69) is 16.4 Å². The zero-order valence-corrected chi connectivity index (χ0v) is 21.7. The van der Waals surface area contributed by atoms with E-state index in [1.165, 1.54) is 24.0 Å². The van der Waals surface area contributed by atoms with Crippen LogP contribution in [0, 0.1) is 0 Å². The first-order chi connectivity index (χ1) is 19.0. The molecule has 1 aliphatic rings. The molecule has 0 radical (unpaired) electrons. The second-order valence-electron chi connectivity index (χ2n) is 8.92. The zero-order valence-electron chi connectivity index (χ0n) is 20.9. The molecule has 0 atom stereocenters. The van der Waals surface area contributed by atoms with E-state index in [1.807, 2.05) is 36.4 Å². The van der Waals surface area contributed by atoms with Gasteiger partial charge in [-0.2, -0.15) is 0 Å². The van der Waals surface area contributed by atoms with E-state index in [0.717, 1.165) is 22.4 Å². The number of methoxy groups -OCH3 is 1. The number of para-hydroxylation sites is 2. The lowest BCUT2D eigenvalue weighted by molar-refractivity contribution is -0.119. The molecule has 39 heavy (non-hydrogen) atoms. The molecule has 9 heteroatoms. The maximum Gasteiger partial charge on any atom is 0.341 e. The number of ether oxygens (including phenoxy) is 2. The number of nitrogens with one attached hydrogen (secondary N) is 1. The van der Waals surface area contributed by atoms with Crippen molar-refractivity contribution in [2.75, 3.05) is 19.0 Å². The van der Waals surface area contributed by atoms with E-state index in [1.54, 1.807) is 30.3 Å². The number of hydrogen-bond acceptors (Lipinski definition) is 8. The van der Waals surface area contributed by atoms with Crippen LogP contribution in [-0.4, -0.2) is 36.5 Å². The summed E-state index contributed by atoms with van der Waals surface area (Å²) in [7, 11) is 1.31. The van der Waals surface area contributed by atoms with Crippen molar-refractivity contribution >= 4 is 45.3 Å². The average Bonchev–Trinajstić information content (AvgIpc) is 3.57. The summed E-state index contributed by atoms with van der Waals surface area (Å²) in [4.78, 5) is 43.9. The summed E-state index contributed by atoms with van der Waals surface area (Å²) in [5.74, 6) is -1.51. The lowest BCUT2D eigenvalue weighted by Crippen LogP contribution is -2.22. The van der Waals surface area contributed by atoms with Gasteiger partial charge in [-0.3, -0.25) is 4.79 Å². The van der Waals surface area contributed by atoms with Crippen LogP contribution >= 0.6 is 11.3 Å². The number of esters is 2. The number of amides is 1. The van der Waals surface area contributed by atoms with E-state index < -0.39 is 24.5 Å². The summed E-state index contributed by atoms with van der Waals surface area (Å²) in [6, 6.07) is 22.0. The standard InChI is InChI=1S/C30H22N2O6S/c1-36-30(35)25-21-15-14-17-8-2-3-9-18(17)26(21)39-28(25)32-24(33)16-37-29(34)20-11-5-4-10-19(20)27-31-22-12-6-7-13-23(22)38-27/h2-13H,14-16H2,1H3,(H,32,33). The normalized spacial score (nSPS) is 11.9. The Kier molecular flexibility index (Phi) is 6.42. The van der Waals surface area contributed by atoms with Gasteiger partial charge in [-0.1, -0.05) is 48.5 Å². The first-order valence-electron chi connectivity index (χ1n) is 12.3. The third-order valence-corrected chi connectivity index (χ3v) is 7.74. The molecule has 6 rings (SSSR count). The molecule has 0 bridgehead atoms. The molecule has 3 aromatic carbocycles. The third-order valence-electron chi connectivity index (χ3n) is 6.56. The van der Waals surface area contributed by atoms with Crippen LogP contribution in [0.2, 0.25) is 0 Å². The molecule has 5 aromatic rings. The van der Waals surface area contributed by atoms with Crippen molar-refractivity contribution < 1.29 is 28.3 Å². The maximum absolute atomic E-state index is 13.0. The molecule has 0 saturated carbocycles. The van der Waals surface area contributed by atoms with Gasteiger partial charge >= 0.3 is 11.9 Å². The molecular weight excluding hydrogens is 516 g/mol. The van der Waals surface area contributed by atoms with Crippen LogP contribution in [0.15, 0.2) is 77.2 Å². The van der Waals surface area contributed by atoms with Crippen molar-refractivity contribution in [3.8, 4) is 21.9 Å². The lowest BCUT2D eigenvalue weighted by atomic mass is 9.89. The fourth-order valence-corrected chi connectivity index (χ4v) is 6.07. The number of aryl methyl sites for hydroxylation is 1. The number of anilines is 1. The fraction of sp³-hybridized carbons (Fsp3) is 0.133. The van der Waals surface area contributed by atoms with Gasteiger partial charge in [0.1, 0.15) is 10.5 Å². The topological polar surface area (TPSA) is 108 Å². The van der Waals surface area contributed by atoms with Crippen LogP contribution in [0.4, 0.5) is 5.00 Å². The van der Waals surface area contributed by atoms with E-state index in [-0.39, 0.29) is 11.5 Å². The molecule has 0 spiro atoms. The third kappa shape index (κ3) is 4.57. The van der Waals surface area contributed by atoms with Crippen LogP contribution in [0.5, 0.6) is 0 Å². The largest absolute Gasteiger partial charge is 0.465 e. The van der Waals surface area contributed by atoms with Crippen molar-refractivity contribution in [1.82, 2.24) is 4.98 Å². The summed E-state index contributed by atoms with van der Waals surface area (Å²) in [5.41, 5.74) is 5.35. The van der Waals surface area contributed by atoms with Gasteiger partial charge in [-0.05, 0) is 53.8 Å². The second kappa shape index (κ2) is 10.2. The van der Waals surface area contributed by atoms with Gasteiger partial charge in [-0.15, -0.1) is 11.3 Å². The molecule has 2 aromatic heterocycles. The Labute approximate surface area is 227 Å².